The van der Waals surface area contributed by atoms with Crippen LogP contribution in [0.15, 0.2) is 48.1 Å². The lowest BCUT2D eigenvalue weighted by Crippen LogP contribution is -2.21. The van der Waals surface area contributed by atoms with Gasteiger partial charge in [-0.1, -0.05) is 48.1 Å². The molecule has 1 atom stereocenters. The van der Waals surface area contributed by atoms with Crippen LogP contribution < -0.4 is 5.73 Å². The maximum Gasteiger partial charge on any atom is 0.0165 e. The van der Waals surface area contributed by atoms with Crippen molar-refractivity contribution in [3.05, 3.63) is 53.6 Å². The fraction of sp³-hybridized carbons (Fsp3) is 0.333. The minimum atomic E-state index is 0.153. The molecule has 0 aliphatic heterocycles. The fourth-order valence-corrected chi connectivity index (χ4v) is 1.74. The minimum Gasteiger partial charge on any atom is -0.327 e. The molecule has 1 aromatic carbocycles. The molecular formula is C15H21NS. The number of nitrogens with two attached hydrogens (primary N) is 1. The van der Waals surface area contributed by atoms with Gasteiger partial charge in [0, 0.05) is 11.8 Å². The summed E-state index contributed by atoms with van der Waals surface area (Å²) in [5.41, 5.74) is 9.67. The van der Waals surface area contributed by atoms with Gasteiger partial charge in [-0.2, -0.15) is 12.6 Å². The van der Waals surface area contributed by atoms with Gasteiger partial charge in [-0.15, -0.1) is 0 Å². The molecule has 0 saturated carbocycles. The highest BCUT2D eigenvalue weighted by Crippen LogP contribution is 2.14. The van der Waals surface area contributed by atoms with E-state index < -0.39 is 0 Å². The van der Waals surface area contributed by atoms with E-state index in [0.29, 0.717) is 0 Å². The zero-order chi connectivity index (χ0) is 12.7. The number of thiol groups is 1. The second-order valence-corrected chi connectivity index (χ2v) is 4.74. The molecule has 0 aromatic heterocycles. The van der Waals surface area contributed by atoms with Crippen molar-refractivity contribution >= 4 is 18.2 Å². The van der Waals surface area contributed by atoms with E-state index in [9.17, 15) is 0 Å². The van der Waals surface area contributed by atoms with E-state index in [1.807, 2.05) is 6.07 Å². The molecule has 2 heteroatoms. The average Bonchev–Trinajstić information content (AvgIpc) is 2.36. The van der Waals surface area contributed by atoms with E-state index >= 15 is 0 Å². The maximum atomic E-state index is 5.85. The summed E-state index contributed by atoms with van der Waals surface area (Å²) in [7, 11) is 0. The van der Waals surface area contributed by atoms with Crippen molar-refractivity contribution in [2.75, 3.05) is 5.75 Å². The Morgan fingerprint density at radius 3 is 2.47 bits per heavy atom. The first kappa shape index (κ1) is 14.1. The van der Waals surface area contributed by atoms with Crippen molar-refractivity contribution in [2.24, 2.45) is 5.73 Å². The van der Waals surface area contributed by atoms with Gasteiger partial charge in [-0.05, 0) is 31.4 Å². The van der Waals surface area contributed by atoms with Crippen molar-refractivity contribution in [3.8, 4) is 0 Å². The molecule has 0 fully saturated rings. The van der Waals surface area contributed by atoms with Crippen LogP contribution in [0.25, 0.3) is 5.57 Å². The van der Waals surface area contributed by atoms with Gasteiger partial charge in [-0.3, -0.25) is 0 Å². The largest absolute Gasteiger partial charge is 0.327 e. The van der Waals surface area contributed by atoms with Crippen LogP contribution in [-0.2, 0) is 0 Å². The summed E-state index contributed by atoms with van der Waals surface area (Å²) in [6, 6.07) is 10.5. The van der Waals surface area contributed by atoms with Crippen LogP contribution in [0.3, 0.4) is 0 Å². The first-order valence-electron chi connectivity index (χ1n) is 5.89. The molecule has 2 N–H and O–H groups in total. The summed E-state index contributed by atoms with van der Waals surface area (Å²) >= 11 is 4.19. The Hall–Kier alpha value is -0.990. The van der Waals surface area contributed by atoms with Gasteiger partial charge >= 0.3 is 0 Å². The second kappa shape index (κ2) is 7.36. The molecule has 0 aliphatic carbocycles. The SMILES string of the molecule is C/C(=C\C=C(/C)c1ccccc1)CC(N)CS. The third kappa shape index (κ3) is 5.24. The van der Waals surface area contributed by atoms with Crippen LogP contribution in [0, 0.1) is 0 Å². The lowest BCUT2D eigenvalue weighted by Gasteiger charge is -2.07. The standard InChI is InChI=1S/C15H21NS/c1-12(10-15(16)11-17)8-9-13(2)14-6-4-3-5-7-14/h3-9,15,17H,10-11,16H2,1-2H3/b12-8+,13-9+. The van der Waals surface area contributed by atoms with Crippen LogP contribution in [0.2, 0.25) is 0 Å². The van der Waals surface area contributed by atoms with E-state index in [-0.39, 0.29) is 6.04 Å². The third-order valence-corrected chi connectivity index (χ3v) is 3.13. The lowest BCUT2D eigenvalue weighted by atomic mass is 10.1. The van der Waals surface area contributed by atoms with Crippen LogP contribution in [0.4, 0.5) is 0 Å². The average molecular weight is 247 g/mol. The molecule has 1 rings (SSSR count). The summed E-state index contributed by atoms with van der Waals surface area (Å²) in [5.74, 6) is 0.729. The Kier molecular flexibility index (Phi) is 6.09. The Bertz CT molecular complexity index is 393. The van der Waals surface area contributed by atoms with E-state index in [4.69, 9.17) is 5.73 Å². The van der Waals surface area contributed by atoms with Crippen LogP contribution in [0.1, 0.15) is 25.8 Å². The smallest absolute Gasteiger partial charge is 0.0165 e. The molecule has 1 unspecified atom stereocenters. The Morgan fingerprint density at radius 2 is 1.88 bits per heavy atom. The number of benzene rings is 1. The van der Waals surface area contributed by atoms with Crippen molar-refractivity contribution in [1.82, 2.24) is 0 Å². The normalized spacial score (nSPS) is 14.8. The summed E-state index contributed by atoms with van der Waals surface area (Å²) in [6.07, 6.45) is 5.20. The summed E-state index contributed by atoms with van der Waals surface area (Å²) < 4.78 is 0. The Balaban J connectivity index is 2.67. The molecule has 92 valence electrons. The zero-order valence-corrected chi connectivity index (χ0v) is 11.5. The molecule has 0 spiro atoms. The minimum absolute atomic E-state index is 0.153. The van der Waals surface area contributed by atoms with Gasteiger partial charge in [0.05, 0.1) is 0 Å². The van der Waals surface area contributed by atoms with Gasteiger partial charge in [0.2, 0.25) is 0 Å². The monoisotopic (exact) mass is 247 g/mol. The van der Waals surface area contributed by atoms with E-state index in [1.54, 1.807) is 0 Å². The third-order valence-electron chi connectivity index (χ3n) is 2.67. The van der Waals surface area contributed by atoms with Crippen molar-refractivity contribution in [1.29, 1.82) is 0 Å². The Labute approximate surface area is 110 Å². The van der Waals surface area contributed by atoms with E-state index in [0.717, 1.165) is 12.2 Å². The second-order valence-electron chi connectivity index (χ2n) is 4.38. The summed E-state index contributed by atoms with van der Waals surface area (Å²) in [4.78, 5) is 0. The fourth-order valence-electron chi connectivity index (χ4n) is 1.61. The highest BCUT2D eigenvalue weighted by molar-refractivity contribution is 7.80. The molecule has 1 aromatic rings. The first-order chi connectivity index (χ1) is 8.13. The highest BCUT2D eigenvalue weighted by Gasteiger charge is 1.99. The summed E-state index contributed by atoms with van der Waals surface area (Å²) in [5, 5.41) is 0. The number of allylic oxidation sites excluding steroid dienone is 3. The number of hydrogen-bond donors (Lipinski definition) is 2. The zero-order valence-electron chi connectivity index (χ0n) is 10.6. The first-order valence-corrected chi connectivity index (χ1v) is 6.52. The molecular weight excluding hydrogens is 226 g/mol. The van der Waals surface area contributed by atoms with Crippen LogP contribution in [-0.4, -0.2) is 11.8 Å². The highest BCUT2D eigenvalue weighted by atomic mass is 32.1. The molecule has 0 radical (unpaired) electrons. The number of hydrogen-bond acceptors (Lipinski definition) is 2. The molecule has 0 aliphatic rings. The van der Waals surface area contributed by atoms with Crippen LogP contribution in [0.5, 0.6) is 0 Å². The quantitative estimate of drug-likeness (QED) is 0.602. The molecule has 0 bridgehead atoms. The van der Waals surface area contributed by atoms with Gasteiger partial charge in [-0.25, -0.2) is 0 Å². The van der Waals surface area contributed by atoms with Crippen molar-refractivity contribution < 1.29 is 0 Å². The van der Waals surface area contributed by atoms with Crippen LogP contribution >= 0.6 is 12.6 Å². The summed E-state index contributed by atoms with van der Waals surface area (Å²) in [6.45, 7) is 4.23. The van der Waals surface area contributed by atoms with E-state index in [2.05, 4.69) is 62.9 Å². The predicted octanol–water partition coefficient (Wildman–Crippen LogP) is 3.68. The molecule has 0 heterocycles. The van der Waals surface area contributed by atoms with Gasteiger partial charge in [0.1, 0.15) is 0 Å². The van der Waals surface area contributed by atoms with Crippen molar-refractivity contribution in [3.63, 3.8) is 0 Å². The van der Waals surface area contributed by atoms with Gasteiger partial charge in [0.15, 0.2) is 0 Å². The number of rotatable bonds is 5. The van der Waals surface area contributed by atoms with E-state index in [1.165, 1.54) is 16.7 Å². The van der Waals surface area contributed by atoms with Gasteiger partial charge < -0.3 is 5.73 Å². The lowest BCUT2D eigenvalue weighted by molar-refractivity contribution is 0.744. The molecule has 0 saturated heterocycles. The predicted molar refractivity (Wildman–Crippen MR) is 80.3 cm³/mol. The van der Waals surface area contributed by atoms with Crippen molar-refractivity contribution in [2.45, 2.75) is 26.3 Å². The maximum absolute atomic E-state index is 5.85. The molecule has 0 amide bonds. The van der Waals surface area contributed by atoms with Gasteiger partial charge in [0.25, 0.3) is 0 Å². The molecule has 17 heavy (non-hydrogen) atoms. The molecule has 1 nitrogen and oxygen atoms in total. The topological polar surface area (TPSA) is 26.0 Å². The Morgan fingerprint density at radius 1 is 1.24 bits per heavy atom.